The summed E-state index contributed by atoms with van der Waals surface area (Å²) in [6.07, 6.45) is 3.93. The maximum Gasteiger partial charge on any atom is 0.227 e. The van der Waals surface area contributed by atoms with Gasteiger partial charge in [0, 0.05) is 18.1 Å². The standard InChI is InChI=1S/C16H16NO2/c18-15(13-6-2-1-3-7-13)12-17-10-4-9-16-14(17)8-5-11-19-16/h1-4,6-7,9-10H,5,8,11-12H2/q+1. The number of aromatic nitrogens is 1. The third kappa shape index (κ3) is 2.50. The fourth-order valence-corrected chi connectivity index (χ4v) is 2.40. The van der Waals surface area contributed by atoms with Crippen molar-refractivity contribution in [2.45, 2.75) is 19.4 Å². The fraction of sp³-hybridized carbons (Fsp3) is 0.250. The Kier molecular flexibility index (Phi) is 3.27. The third-order valence-electron chi connectivity index (χ3n) is 3.37. The predicted molar refractivity (Wildman–Crippen MR) is 71.2 cm³/mol. The van der Waals surface area contributed by atoms with E-state index in [1.165, 1.54) is 0 Å². The number of hydrogen-bond acceptors (Lipinski definition) is 2. The molecular weight excluding hydrogens is 238 g/mol. The first kappa shape index (κ1) is 11.9. The summed E-state index contributed by atoms with van der Waals surface area (Å²) in [5.74, 6) is 1.04. The molecule has 3 nitrogen and oxygen atoms in total. The SMILES string of the molecule is O=C(C[n+]1cccc2c1CCCO2)c1ccccc1. The lowest BCUT2D eigenvalue weighted by atomic mass is 10.1. The van der Waals surface area contributed by atoms with E-state index in [1.54, 1.807) is 0 Å². The predicted octanol–water partition coefficient (Wildman–Crippen LogP) is 2.18. The van der Waals surface area contributed by atoms with E-state index < -0.39 is 0 Å². The van der Waals surface area contributed by atoms with Crippen LogP contribution in [0.15, 0.2) is 48.7 Å². The summed E-state index contributed by atoms with van der Waals surface area (Å²) in [5.41, 5.74) is 1.88. The molecule has 96 valence electrons. The van der Waals surface area contributed by atoms with Gasteiger partial charge in [-0.05, 0) is 12.5 Å². The van der Waals surface area contributed by atoms with Crippen LogP contribution in [0.3, 0.4) is 0 Å². The molecule has 0 amide bonds. The average Bonchev–Trinajstić information content (AvgIpc) is 2.48. The van der Waals surface area contributed by atoms with Crippen molar-refractivity contribution in [2.24, 2.45) is 0 Å². The maximum absolute atomic E-state index is 12.2. The topological polar surface area (TPSA) is 30.2 Å². The first-order chi connectivity index (χ1) is 9.34. The van der Waals surface area contributed by atoms with Crippen molar-refractivity contribution in [1.29, 1.82) is 0 Å². The van der Waals surface area contributed by atoms with E-state index in [0.717, 1.165) is 36.5 Å². The van der Waals surface area contributed by atoms with Crippen molar-refractivity contribution in [3.8, 4) is 5.75 Å². The van der Waals surface area contributed by atoms with Gasteiger partial charge in [0.25, 0.3) is 0 Å². The molecule has 3 heteroatoms. The van der Waals surface area contributed by atoms with Gasteiger partial charge in [-0.3, -0.25) is 4.79 Å². The van der Waals surface area contributed by atoms with E-state index >= 15 is 0 Å². The molecule has 1 aliphatic heterocycles. The van der Waals surface area contributed by atoms with Crippen LogP contribution in [0.1, 0.15) is 22.5 Å². The zero-order chi connectivity index (χ0) is 13.1. The molecule has 19 heavy (non-hydrogen) atoms. The van der Waals surface area contributed by atoms with Crippen LogP contribution >= 0.6 is 0 Å². The number of rotatable bonds is 3. The van der Waals surface area contributed by atoms with Gasteiger partial charge >= 0.3 is 0 Å². The molecule has 0 fully saturated rings. The number of carbonyl (C=O) groups is 1. The highest BCUT2D eigenvalue weighted by Gasteiger charge is 2.23. The first-order valence-electron chi connectivity index (χ1n) is 6.57. The van der Waals surface area contributed by atoms with Gasteiger partial charge in [-0.25, -0.2) is 0 Å². The minimum absolute atomic E-state index is 0.129. The molecule has 3 rings (SSSR count). The fourth-order valence-electron chi connectivity index (χ4n) is 2.40. The molecule has 1 aromatic heterocycles. The van der Waals surface area contributed by atoms with E-state index in [9.17, 15) is 4.79 Å². The number of pyridine rings is 1. The lowest BCUT2D eigenvalue weighted by Gasteiger charge is -2.14. The van der Waals surface area contributed by atoms with Gasteiger partial charge in [-0.2, -0.15) is 4.57 Å². The number of hydrogen-bond donors (Lipinski definition) is 0. The summed E-state index contributed by atoms with van der Waals surface area (Å²) < 4.78 is 7.62. The molecule has 1 aliphatic rings. The maximum atomic E-state index is 12.2. The minimum atomic E-state index is 0.129. The minimum Gasteiger partial charge on any atom is -0.487 e. The summed E-state index contributed by atoms with van der Waals surface area (Å²) in [4.78, 5) is 12.2. The van der Waals surface area contributed by atoms with Crippen molar-refractivity contribution in [3.05, 3.63) is 59.9 Å². The van der Waals surface area contributed by atoms with Crippen LogP contribution in [-0.4, -0.2) is 12.4 Å². The highest BCUT2D eigenvalue weighted by atomic mass is 16.5. The molecule has 0 atom stereocenters. The Morgan fingerprint density at radius 3 is 2.84 bits per heavy atom. The smallest absolute Gasteiger partial charge is 0.227 e. The second-order valence-electron chi connectivity index (χ2n) is 4.69. The van der Waals surface area contributed by atoms with Crippen molar-refractivity contribution in [3.63, 3.8) is 0 Å². The third-order valence-corrected chi connectivity index (χ3v) is 3.37. The van der Waals surface area contributed by atoms with Crippen LogP contribution in [0.5, 0.6) is 5.75 Å². The largest absolute Gasteiger partial charge is 0.487 e. The molecule has 0 aliphatic carbocycles. The molecule has 1 aromatic carbocycles. The van der Waals surface area contributed by atoms with E-state index in [-0.39, 0.29) is 5.78 Å². The Morgan fingerprint density at radius 2 is 2.00 bits per heavy atom. The normalized spacial score (nSPS) is 13.5. The molecule has 0 unspecified atom stereocenters. The lowest BCUT2D eigenvalue weighted by molar-refractivity contribution is -0.691. The van der Waals surface area contributed by atoms with E-state index in [2.05, 4.69) is 0 Å². The Balaban J connectivity index is 1.86. The zero-order valence-corrected chi connectivity index (χ0v) is 10.7. The van der Waals surface area contributed by atoms with Gasteiger partial charge < -0.3 is 4.74 Å². The lowest BCUT2D eigenvalue weighted by Crippen LogP contribution is -2.43. The molecule has 0 spiro atoms. The highest BCUT2D eigenvalue weighted by molar-refractivity contribution is 5.94. The number of nitrogens with zero attached hydrogens (tertiary/aromatic N) is 1. The summed E-state index contributed by atoms with van der Waals surface area (Å²) >= 11 is 0. The molecule has 0 bridgehead atoms. The number of ketones is 1. The van der Waals surface area contributed by atoms with Crippen LogP contribution < -0.4 is 9.30 Å². The Bertz CT molecular complexity index is 593. The summed E-state index contributed by atoms with van der Waals surface area (Å²) in [6, 6.07) is 13.3. The summed E-state index contributed by atoms with van der Waals surface area (Å²) in [6.45, 7) is 1.14. The van der Waals surface area contributed by atoms with Crippen LogP contribution in [0.2, 0.25) is 0 Å². The van der Waals surface area contributed by atoms with Gasteiger partial charge in [0.1, 0.15) is 0 Å². The van der Waals surface area contributed by atoms with E-state index in [0.29, 0.717) is 6.54 Å². The van der Waals surface area contributed by atoms with Gasteiger partial charge in [0.2, 0.25) is 18.0 Å². The van der Waals surface area contributed by atoms with Crippen LogP contribution in [0.25, 0.3) is 0 Å². The second kappa shape index (κ2) is 5.22. The molecule has 0 saturated carbocycles. The average molecular weight is 254 g/mol. The summed E-state index contributed by atoms with van der Waals surface area (Å²) in [5, 5.41) is 0. The van der Waals surface area contributed by atoms with Crippen LogP contribution in [0.4, 0.5) is 0 Å². The van der Waals surface area contributed by atoms with Crippen LogP contribution in [-0.2, 0) is 13.0 Å². The van der Waals surface area contributed by atoms with E-state index in [1.807, 2.05) is 53.2 Å². The Hall–Kier alpha value is -2.16. The number of Topliss-reactive ketones (excluding diaryl/α,β-unsaturated/α-hetero) is 1. The Labute approximate surface area is 112 Å². The first-order valence-corrected chi connectivity index (χ1v) is 6.57. The van der Waals surface area contributed by atoms with Gasteiger partial charge in [-0.15, -0.1) is 0 Å². The summed E-state index contributed by atoms with van der Waals surface area (Å²) in [7, 11) is 0. The number of fused-ring (bicyclic) bond motifs is 1. The van der Waals surface area contributed by atoms with Crippen molar-refractivity contribution >= 4 is 5.78 Å². The quantitative estimate of drug-likeness (QED) is 0.621. The van der Waals surface area contributed by atoms with Gasteiger partial charge in [0.05, 0.1) is 6.61 Å². The molecule has 0 saturated heterocycles. The zero-order valence-electron chi connectivity index (χ0n) is 10.7. The number of ether oxygens (including phenoxy) is 1. The van der Waals surface area contributed by atoms with Gasteiger partial charge in [-0.1, -0.05) is 30.3 Å². The van der Waals surface area contributed by atoms with Crippen LogP contribution in [0, 0.1) is 0 Å². The van der Waals surface area contributed by atoms with E-state index in [4.69, 9.17) is 4.74 Å². The Morgan fingerprint density at radius 1 is 1.16 bits per heavy atom. The second-order valence-corrected chi connectivity index (χ2v) is 4.69. The monoisotopic (exact) mass is 254 g/mol. The van der Waals surface area contributed by atoms with Crippen molar-refractivity contribution < 1.29 is 14.1 Å². The molecular formula is C16H16NO2+. The number of benzene rings is 1. The van der Waals surface area contributed by atoms with Crippen molar-refractivity contribution in [1.82, 2.24) is 0 Å². The van der Waals surface area contributed by atoms with Gasteiger partial charge in [0.15, 0.2) is 11.9 Å². The highest BCUT2D eigenvalue weighted by Crippen LogP contribution is 2.20. The molecule has 2 heterocycles. The molecule has 0 radical (unpaired) electrons. The molecule has 2 aromatic rings. The number of carbonyl (C=O) groups excluding carboxylic acids is 1. The van der Waals surface area contributed by atoms with Crippen molar-refractivity contribution in [2.75, 3.05) is 6.61 Å². The molecule has 0 N–H and O–H groups in total.